The molecule has 1 saturated heterocycles. The molecule has 2 rings (SSSR count). The van der Waals surface area contributed by atoms with Crippen molar-refractivity contribution in [1.29, 1.82) is 0 Å². The number of guanidine groups is 1. The molecule has 29 heavy (non-hydrogen) atoms. The lowest BCUT2D eigenvalue weighted by Crippen LogP contribution is -2.45. The van der Waals surface area contributed by atoms with Crippen molar-refractivity contribution in [2.45, 2.75) is 64.5 Å². The lowest BCUT2D eigenvalue weighted by atomic mass is 10.1. The molecule has 2 fully saturated rings. The van der Waals surface area contributed by atoms with Crippen molar-refractivity contribution in [3.63, 3.8) is 0 Å². The standard InChI is InChI=1S/C21H41N5O2.HI/c1-5-22-21(23-15-19(28-6-2)12-13-25(3)4)24-18-11-14-26(16-18)20(27)17-9-7-8-10-17;/h17-19H,5-16H2,1-4H3,(H2,22,23,24);1H. The van der Waals surface area contributed by atoms with Gasteiger partial charge in [0.15, 0.2) is 5.96 Å². The first-order valence-corrected chi connectivity index (χ1v) is 11.1. The Labute approximate surface area is 194 Å². The number of rotatable bonds is 10. The Kier molecular flexibility index (Phi) is 13.1. The molecule has 2 aliphatic rings. The molecule has 2 N–H and O–H groups in total. The number of carbonyl (C=O) groups excluding carboxylic acids is 1. The highest BCUT2D eigenvalue weighted by atomic mass is 127. The Hall–Kier alpha value is -0.610. The fraction of sp³-hybridized carbons (Fsp3) is 0.905. The van der Waals surface area contributed by atoms with Crippen LogP contribution < -0.4 is 10.6 Å². The molecule has 1 heterocycles. The van der Waals surface area contributed by atoms with Crippen LogP contribution in [0, 0.1) is 5.92 Å². The van der Waals surface area contributed by atoms with Gasteiger partial charge in [0.05, 0.1) is 12.6 Å². The van der Waals surface area contributed by atoms with Crippen molar-refractivity contribution < 1.29 is 9.53 Å². The highest BCUT2D eigenvalue weighted by Gasteiger charge is 2.32. The molecule has 170 valence electrons. The van der Waals surface area contributed by atoms with E-state index in [9.17, 15) is 4.79 Å². The zero-order valence-corrected chi connectivity index (χ0v) is 21.1. The van der Waals surface area contributed by atoms with Gasteiger partial charge in [-0.1, -0.05) is 12.8 Å². The van der Waals surface area contributed by atoms with Crippen LogP contribution in [0.3, 0.4) is 0 Å². The van der Waals surface area contributed by atoms with Gasteiger partial charge in [-0.25, -0.2) is 0 Å². The minimum atomic E-state index is 0. The molecule has 0 aromatic carbocycles. The largest absolute Gasteiger partial charge is 0.377 e. The van der Waals surface area contributed by atoms with Crippen LogP contribution in [0.2, 0.25) is 0 Å². The quantitative estimate of drug-likeness (QED) is 0.261. The molecular weight excluding hydrogens is 481 g/mol. The summed E-state index contributed by atoms with van der Waals surface area (Å²) in [5.41, 5.74) is 0. The van der Waals surface area contributed by atoms with Crippen molar-refractivity contribution in [3.8, 4) is 0 Å². The second-order valence-electron chi connectivity index (χ2n) is 8.28. The molecule has 0 radical (unpaired) electrons. The van der Waals surface area contributed by atoms with Crippen molar-refractivity contribution in [2.75, 3.05) is 53.4 Å². The Morgan fingerprint density at radius 2 is 1.97 bits per heavy atom. The van der Waals surface area contributed by atoms with Gasteiger partial charge in [-0.05, 0) is 53.6 Å². The summed E-state index contributed by atoms with van der Waals surface area (Å²) in [7, 11) is 4.16. The summed E-state index contributed by atoms with van der Waals surface area (Å²) in [6.45, 7) is 8.92. The SMILES string of the molecule is CCNC(=NCC(CCN(C)C)OCC)NC1CCN(C(=O)C2CCCC2)C1.I. The van der Waals surface area contributed by atoms with Crippen LogP contribution in [-0.2, 0) is 9.53 Å². The van der Waals surface area contributed by atoms with Crippen LogP contribution in [0.1, 0.15) is 52.4 Å². The van der Waals surface area contributed by atoms with Crippen molar-refractivity contribution in [2.24, 2.45) is 10.9 Å². The third kappa shape index (κ3) is 9.38. The van der Waals surface area contributed by atoms with Crippen LogP contribution in [-0.4, -0.2) is 87.2 Å². The van der Waals surface area contributed by atoms with E-state index in [0.717, 1.165) is 57.8 Å². The van der Waals surface area contributed by atoms with Crippen molar-refractivity contribution >= 4 is 35.8 Å². The summed E-state index contributed by atoms with van der Waals surface area (Å²) in [4.78, 5) is 21.6. The minimum absolute atomic E-state index is 0. The summed E-state index contributed by atoms with van der Waals surface area (Å²) >= 11 is 0. The summed E-state index contributed by atoms with van der Waals surface area (Å²) in [6.07, 6.45) is 6.64. The van der Waals surface area contributed by atoms with Gasteiger partial charge in [-0.2, -0.15) is 0 Å². The number of nitrogens with one attached hydrogen (secondary N) is 2. The molecule has 2 atom stereocenters. The number of likely N-dealkylation sites (tertiary alicyclic amines) is 1. The number of amides is 1. The molecule has 8 heteroatoms. The molecule has 1 amide bonds. The van der Waals surface area contributed by atoms with E-state index in [1.165, 1.54) is 12.8 Å². The highest BCUT2D eigenvalue weighted by Crippen LogP contribution is 2.27. The van der Waals surface area contributed by atoms with E-state index in [0.29, 0.717) is 19.1 Å². The van der Waals surface area contributed by atoms with E-state index >= 15 is 0 Å². The maximum absolute atomic E-state index is 12.7. The van der Waals surface area contributed by atoms with Gasteiger partial charge in [-0.3, -0.25) is 9.79 Å². The Balaban J connectivity index is 0.00000420. The van der Waals surface area contributed by atoms with E-state index in [1.54, 1.807) is 0 Å². The van der Waals surface area contributed by atoms with Gasteiger partial charge in [0.2, 0.25) is 5.91 Å². The molecule has 0 aromatic rings. The van der Waals surface area contributed by atoms with Crippen molar-refractivity contribution in [3.05, 3.63) is 0 Å². The zero-order chi connectivity index (χ0) is 20.4. The van der Waals surface area contributed by atoms with Gasteiger partial charge in [0.25, 0.3) is 0 Å². The number of halogens is 1. The summed E-state index contributed by atoms with van der Waals surface area (Å²) in [6, 6.07) is 0.274. The Bertz CT molecular complexity index is 497. The number of carbonyl (C=O) groups is 1. The normalized spacial score (nSPS) is 21.3. The predicted octanol–water partition coefficient (Wildman–Crippen LogP) is 2.31. The number of hydrogen-bond donors (Lipinski definition) is 2. The third-order valence-electron chi connectivity index (χ3n) is 5.64. The van der Waals surface area contributed by atoms with Gasteiger partial charge in [0, 0.05) is 44.7 Å². The molecule has 7 nitrogen and oxygen atoms in total. The smallest absolute Gasteiger partial charge is 0.225 e. The first kappa shape index (κ1) is 26.4. The Morgan fingerprint density at radius 1 is 1.24 bits per heavy atom. The highest BCUT2D eigenvalue weighted by molar-refractivity contribution is 14.0. The molecule has 1 aliphatic carbocycles. The fourth-order valence-electron chi connectivity index (χ4n) is 4.08. The Morgan fingerprint density at radius 3 is 2.59 bits per heavy atom. The van der Waals surface area contributed by atoms with Gasteiger partial charge in [0.1, 0.15) is 0 Å². The van der Waals surface area contributed by atoms with E-state index in [4.69, 9.17) is 9.73 Å². The first-order valence-electron chi connectivity index (χ1n) is 11.1. The van der Waals surface area contributed by atoms with Crippen LogP contribution in [0.5, 0.6) is 0 Å². The summed E-state index contributed by atoms with van der Waals surface area (Å²) in [5, 5.41) is 6.87. The van der Waals surface area contributed by atoms with Gasteiger partial charge in [-0.15, -0.1) is 24.0 Å². The average molecular weight is 524 g/mol. The molecule has 1 saturated carbocycles. The van der Waals surface area contributed by atoms with Crippen LogP contribution in [0.4, 0.5) is 0 Å². The lowest BCUT2D eigenvalue weighted by molar-refractivity contribution is -0.134. The zero-order valence-electron chi connectivity index (χ0n) is 18.8. The molecule has 0 aromatic heterocycles. The second-order valence-corrected chi connectivity index (χ2v) is 8.28. The maximum Gasteiger partial charge on any atom is 0.225 e. The average Bonchev–Trinajstić information content (AvgIpc) is 3.35. The maximum atomic E-state index is 12.7. The van der Waals surface area contributed by atoms with Gasteiger partial charge >= 0.3 is 0 Å². The molecule has 0 bridgehead atoms. The van der Waals surface area contributed by atoms with Crippen LogP contribution in [0.25, 0.3) is 0 Å². The van der Waals surface area contributed by atoms with E-state index in [2.05, 4.69) is 41.5 Å². The first-order chi connectivity index (χ1) is 13.5. The summed E-state index contributed by atoms with van der Waals surface area (Å²) in [5.74, 6) is 1.46. The van der Waals surface area contributed by atoms with E-state index < -0.39 is 0 Å². The van der Waals surface area contributed by atoms with E-state index in [-0.39, 0.29) is 42.0 Å². The summed E-state index contributed by atoms with van der Waals surface area (Å²) < 4.78 is 5.85. The second kappa shape index (κ2) is 14.4. The van der Waals surface area contributed by atoms with Crippen LogP contribution in [0.15, 0.2) is 4.99 Å². The minimum Gasteiger partial charge on any atom is -0.377 e. The van der Waals surface area contributed by atoms with Crippen LogP contribution >= 0.6 is 24.0 Å². The molecular formula is C21H42IN5O2. The number of nitrogens with zero attached hydrogens (tertiary/aromatic N) is 3. The third-order valence-corrected chi connectivity index (χ3v) is 5.64. The molecule has 2 unspecified atom stereocenters. The number of aliphatic imine (C=N–C) groups is 1. The lowest BCUT2D eigenvalue weighted by Gasteiger charge is -2.22. The fourth-order valence-corrected chi connectivity index (χ4v) is 4.08. The number of hydrogen-bond acceptors (Lipinski definition) is 4. The number of ether oxygens (including phenoxy) is 1. The predicted molar refractivity (Wildman–Crippen MR) is 130 cm³/mol. The molecule has 0 spiro atoms. The van der Waals surface area contributed by atoms with Gasteiger partial charge < -0.3 is 25.2 Å². The molecule has 1 aliphatic heterocycles. The van der Waals surface area contributed by atoms with E-state index in [1.807, 2.05) is 6.92 Å². The topological polar surface area (TPSA) is 69.2 Å². The van der Waals surface area contributed by atoms with Crippen molar-refractivity contribution in [1.82, 2.24) is 20.4 Å². The monoisotopic (exact) mass is 523 g/mol.